The standard InChI is InChI=1S/C22H26N2O3.ClH/c1-23-12-17-13-24(14-20(17)22(23)16-7-4-3-5-8-16)21(25)15-27-19-10-6-9-18(11-19)26-2;/h3-11,17,20,22H,12-15H2,1-2H3;1H/t17-,20+,22-;/m0./s1. The molecule has 2 aliphatic rings. The second kappa shape index (κ2) is 8.84. The highest BCUT2D eigenvalue weighted by Crippen LogP contribution is 2.43. The van der Waals surface area contributed by atoms with Crippen molar-refractivity contribution in [2.24, 2.45) is 11.8 Å². The summed E-state index contributed by atoms with van der Waals surface area (Å²) in [6, 6.07) is 18.4. The van der Waals surface area contributed by atoms with E-state index in [0.717, 1.165) is 25.4 Å². The Morgan fingerprint density at radius 3 is 2.54 bits per heavy atom. The minimum Gasteiger partial charge on any atom is -0.497 e. The topological polar surface area (TPSA) is 42.0 Å². The summed E-state index contributed by atoms with van der Waals surface area (Å²) in [5.41, 5.74) is 1.34. The van der Waals surface area contributed by atoms with Gasteiger partial charge in [0.2, 0.25) is 0 Å². The zero-order valence-electron chi connectivity index (χ0n) is 16.3. The second-order valence-electron chi connectivity index (χ2n) is 7.49. The number of methoxy groups -OCH3 is 1. The molecule has 0 aliphatic carbocycles. The molecule has 0 spiro atoms. The van der Waals surface area contributed by atoms with E-state index in [2.05, 4.69) is 42.3 Å². The SMILES string of the molecule is COc1cccc(OCC(=O)N2C[C@@H]3CN(C)[C@@H](c4ccccc4)[C@@H]3C2)c1.Cl. The molecule has 3 atom stereocenters. The lowest BCUT2D eigenvalue weighted by molar-refractivity contribution is -0.132. The molecule has 2 heterocycles. The van der Waals surface area contributed by atoms with Crippen molar-refractivity contribution < 1.29 is 14.3 Å². The van der Waals surface area contributed by atoms with Crippen LogP contribution in [0.3, 0.4) is 0 Å². The van der Waals surface area contributed by atoms with Crippen molar-refractivity contribution >= 4 is 18.3 Å². The number of amides is 1. The number of halogens is 1. The summed E-state index contributed by atoms with van der Waals surface area (Å²) in [5.74, 6) is 2.45. The molecular weight excluding hydrogens is 376 g/mol. The van der Waals surface area contributed by atoms with Crippen LogP contribution < -0.4 is 9.47 Å². The Morgan fingerprint density at radius 2 is 1.79 bits per heavy atom. The van der Waals surface area contributed by atoms with Gasteiger partial charge < -0.3 is 14.4 Å². The highest BCUT2D eigenvalue weighted by molar-refractivity contribution is 5.85. The Labute approximate surface area is 172 Å². The number of nitrogens with zero attached hydrogens (tertiary/aromatic N) is 2. The van der Waals surface area contributed by atoms with Gasteiger partial charge in [-0.05, 0) is 30.7 Å². The van der Waals surface area contributed by atoms with Gasteiger partial charge in [0.1, 0.15) is 11.5 Å². The Morgan fingerprint density at radius 1 is 1.04 bits per heavy atom. The van der Waals surface area contributed by atoms with Crippen molar-refractivity contribution in [2.75, 3.05) is 40.4 Å². The first kappa shape index (κ1) is 20.5. The molecule has 2 saturated heterocycles. The van der Waals surface area contributed by atoms with Crippen LogP contribution in [0.1, 0.15) is 11.6 Å². The van der Waals surface area contributed by atoms with Crippen LogP contribution in [-0.2, 0) is 4.79 Å². The van der Waals surface area contributed by atoms with Gasteiger partial charge in [-0.2, -0.15) is 0 Å². The third-order valence-electron chi connectivity index (χ3n) is 5.79. The fourth-order valence-electron chi connectivity index (χ4n) is 4.54. The molecular formula is C22H27ClN2O3. The number of carbonyl (C=O) groups is 1. The summed E-state index contributed by atoms with van der Waals surface area (Å²) in [6.07, 6.45) is 0. The van der Waals surface area contributed by atoms with Crippen molar-refractivity contribution in [2.45, 2.75) is 6.04 Å². The maximum absolute atomic E-state index is 12.7. The van der Waals surface area contributed by atoms with Gasteiger partial charge >= 0.3 is 0 Å². The molecule has 28 heavy (non-hydrogen) atoms. The van der Waals surface area contributed by atoms with E-state index in [4.69, 9.17) is 9.47 Å². The molecule has 0 N–H and O–H groups in total. The van der Waals surface area contributed by atoms with Gasteiger partial charge in [-0.15, -0.1) is 12.4 Å². The number of likely N-dealkylation sites (tertiary alicyclic amines) is 2. The molecule has 5 nitrogen and oxygen atoms in total. The smallest absolute Gasteiger partial charge is 0.260 e. The first-order valence-corrected chi connectivity index (χ1v) is 9.45. The van der Waals surface area contributed by atoms with Gasteiger partial charge in [-0.1, -0.05) is 36.4 Å². The summed E-state index contributed by atoms with van der Waals surface area (Å²) in [5, 5.41) is 0. The number of hydrogen-bond acceptors (Lipinski definition) is 4. The fourth-order valence-corrected chi connectivity index (χ4v) is 4.54. The second-order valence-corrected chi connectivity index (χ2v) is 7.49. The summed E-state index contributed by atoms with van der Waals surface area (Å²) >= 11 is 0. The number of rotatable bonds is 5. The lowest BCUT2D eigenvalue weighted by atomic mass is 9.90. The van der Waals surface area contributed by atoms with Crippen LogP contribution in [0.4, 0.5) is 0 Å². The Hall–Kier alpha value is -2.24. The van der Waals surface area contributed by atoms with Crippen LogP contribution in [-0.4, -0.2) is 56.1 Å². The fraction of sp³-hybridized carbons (Fsp3) is 0.409. The molecule has 4 rings (SSSR count). The summed E-state index contributed by atoms with van der Waals surface area (Å²) in [4.78, 5) is 17.1. The zero-order valence-corrected chi connectivity index (χ0v) is 17.1. The minimum absolute atomic E-state index is 0. The summed E-state index contributed by atoms with van der Waals surface area (Å²) in [6.45, 7) is 2.72. The lowest BCUT2D eigenvalue weighted by Gasteiger charge is -2.26. The van der Waals surface area contributed by atoms with Crippen LogP contribution in [0, 0.1) is 11.8 Å². The normalized spacial score (nSPS) is 23.8. The third kappa shape index (κ3) is 4.10. The molecule has 2 aromatic rings. The maximum atomic E-state index is 12.7. The molecule has 0 bridgehead atoms. The minimum atomic E-state index is 0. The number of hydrogen-bond donors (Lipinski definition) is 0. The van der Waals surface area contributed by atoms with E-state index < -0.39 is 0 Å². The van der Waals surface area contributed by atoms with Gasteiger partial charge in [0, 0.05) is 37.7 Å². The average Bonchev–Trinajstić information content (AvgIpc) is 3.23. The molecule has 2 aromatic carbocycles. The number of ether oxygens (including phenoxy) is 2. The van der Waals surface area contributed by atoms with E-state index in [9.17, 15) is 4.79 Å². The van der Waals surface area contributed by atoms with Crippen molar-refractivity contribution in [3.8, 4) is 11.5 Å². The van der Waals surface area contributed by atoms with Crippen molar-refractivity contribution in [1.82, 2.24) is 9.80 Å². The molecule has 0 aromatic heterocycles. The van der Waals surface area contributed by atoms with Crippen LogP contribution in [0.2, 0.25) is 0 Å². The molecule has 6 heteroatoms. The quantitative estimate of drug-likeness (QED) is 0.769. The number of fused-ring (bicyclic) bond motifs is 1. The predicted octanol–water partition coefficient (Wildman–Crippen LogP) is 3.26. The van der Waals surface area contributed by atoms with E-state index in [-0.39, 0.29) is 24.9 Å². The zero-order chi connectivity index (χ0) is 18.8. The first-order valence-electron chi connectivity index (χ1n) is 9.45. The molecule has 0 saturated carbocycles. The third-order valence-corrected chi connectivity index (χ3v) is 5.79. The van der Waals surface area contributed by atoms with Gasteiger partial charge in [-0.25, -0.2) is 0 Å². The maximum Gasteiger partial charge on any atom is 0.260 e. The number of carbonyl (C=O) groups excluding carboxylic acids is 1. The molecule has 0 unspecified atom stereocenters. The summed E-state index contributed by atoms with van der Waals surface area (Å²) < 4.78 is 10.9. The van der Waals surface area contributed by atoms with Crippen molar-refractivity contribution in [3.63, 3.8) is 0 Å². The van der Waals surface area contributed by atoms with E-state index in [1.807, 2.05) is 23.1 Å². The summed E-state index contributed by atoms with van der Waals surface area (Å²) in [7, 11) is 3.81. The molecule has 2 aliphatic heterocycles. The van der Waals surface area contributed by atoms with E-state index in [0.29, 0.717) is 23.6 Å². The Balaban J connectivity index is 0.00000225. The molecule has 0 radical (unpaired) electrons. The van der Waals surface area contributed by atoms with Crippen LogP contribution in [0.15, 0.2) is 54.6 Å². The molecule has 1 amide bonds. The van der Waals surface area contributed by atoms with E-state index in [1.165, 1.54) is 5.56 Å². The largest absolute Gasteiger partial charge is 0.497 e. The van der Waals surface area contributed by atoms with Crippen molar-refractivity contribution in [3.05, 3.63) is 60.2 Å². The van der Waals surface area contributed by atoms with E-state index >= 15 is 0 Å². The molecule has 2 fully saturated rings. The van der Waals surface area contributed by atoms with Gasteiger partial charge in [-0.3, -0.25) is 9.69 Å². The van der Waals surface area contributed by atoms with Gasteiger partial charge in [0.15, 0.2) is 6.61 Å². The van der Waals surface area contributed by atoms with Crippen molar-refractivity contribution in [1.29, 1.82) is 0 Å². The average molecular weight is 403 g/mol. The number of benzene rings is 2. The monoisotopic (exact) mass is 402 g/mol. The van der Waals surface area contributed by atoms with Crippen LogP contribution in [0.25, 0.3) is 0 Å². The van der Waals surface area contributed by atoms with E-state index in [1.54, 1.807) is 13.2 Å². The van der Waals surface area contributed by atoms with Gasteiger partial charge in [0.05, 0.1) is 7.11 Å². The Bertz CT molecular complexity index is 801. The Kier molecular flexibility index (Phi) is 6.47. The van der Waals surface area contributed by atoms with Crippen LogP contribution in [0.5, 0.6) is 11.5 Å². The van der Waals surface area contributed by atoms with Gasteiger partial charge in [0.25, 0.3) is 5.91 Å². The predicted molar refractivity (Wildman–Crippen MR) is 111 cm³/mol. The highest BCUT2D eigenvalue weighted by atomic mass is 35.5. The lowest BCUT2D eigenvalue weighted by Crippen LogP contribution is -2.36. The molecule has 150 valence electrons. The highest BCUT2D eigenvalue weighted by Gasteiger charge is 2.47. The van der Waals surface area contributed by atoms with Crippen LogP contribution >= 0.6 is 12.4 Å². The first-order chi connectivity index (χ1) is 13.2.